The summed E-state index contributed by atoms with van der Waals surface area (Å²) in [5.41, 5.74) is 1.82. The van der Waals surface area contributed by atoms with Crippen LogP contribution in [0, 0.1) is 0 Å². The molecule has 0 aliphatic heterocycles. The van der Waals surface area contributed by atoms with E-state index in [4.69, 9.17) is 4.80 Å². The zero-order chi connectivity index (χ0) is 4.99. The lowest BCUT2D eigenvalue weighted by atomic mass is 10.8. The molecule has 6 heavy (non-hydrogen) atoms. The Balaban J connectivity index is 3.03. The van der Waals surface area contributed by atoms with Gasteiger partial charge in [-0.25, -0.2) is 0 Å². The lowest BCUT2D eigenvalue weighted by Crippen LogP contribution is -1.98. The first-order valence-corrected chi connectivity index (χ1v) is 3.95. The van der Waals surface area contributed by atoms with Crippen molar-refractivity contribution in [3.05, 3.63) is 11.8 Å². The van der Waals surface area contributed by atoms with Gasteiger partial charge in [-0.1, -0.05) is 11.8 Å². The Morgan fingerprint density at radius 2 is 2.17 bits per heavy atom. The van der Waals surface area contributed by atoms with Crippen LogP contribution in [0.25, 0.3) is 0 Å². The Bertz CT molecular complexity index is 49.5. The number of rotatable bonds is 1. The SMILES string of the molecule is C/C=C/[Si](C)O. The fourth-order valence-electron chi connectivity index (χ4n) is 0.241. The van der Waals surface area contributed by atoms with E-state index in [1.807, 2.05) is 25.2 Å². The Kier molecular flexibility index (Phi) is 3.08. The van der Waals surface area contributed by atoms with Crippen LogP contribution in [-0.4, -0.2) is 13.8 Å². The van der Waals surface area contributed by atoms with Gasteiger partial charge in [0.2, 0.25) is 9.04 Å². The van der Waals surface area contributed by atoms with Crippen LogP contribution in [0.15, 0.2) is 11.8 Å². The van der Waals surface area contributed by atoms with Crippen molar-refractivity contribution in [1.29, 1.82) is 0 Å². The maximum Gasteiger partial charge on any atom is 0.231 e. The van der Waals surface area contributed by atoms with Gasteiger partial charge in [0.1, 0.15) is 0 Å². The normalized spacial score (nSPS) is 11.3. The number of allylic oxidation sites excluding steroid dienone is 1. The van der Waals surface area contributed by atoms with Gasteiger partial charge in [-0.15, -0.1) is 0 Å². The minimum Gasteiger partial charge on any atom is -0.428 e. The second-order valence-electron chi connectivity index (χ2n) is 1.14. The van der Waals surface area contributed by atoms with Crippen LogP contribution in [0.3, 0.4) is 0 Å². The standard InChI is InChI=1S/C4H9OSi/c1-3-4-6(2)5/h3-5H,1-2H3/b4-3+. The summed E-state index contributed by atoms with van der Waals surface area (Å²) < 4.78 is 0. The fourth-order valence-corrected chi connectivity index (χ4v) is 0.724. The van der Waals surface area contributed by atoms with Gasteiger partial charge in [-0.2, -0.15) is 0 Å². The molecule has 1 radical (unpaired) electrons. The average molecular weight is 101 g/mol. The van der Waals surface area contributed by atoms with Crippen LogP contribution in [0.1, 0.15) is 6.92 Å². The zero-order valence-electron chi connectivity index (χ0n) is 4.10. The topological polar surface area (TPSA) is 20.2 Å². The molecule has 1 nitrogen and oxygen atoms in total. The first kappa shape index (κ1) is 5.92. The largest absolute Gasteiger partial charge is 0.428 e. The lowest BCUT2D eigenvalue weighted by Gasteiger charge is -1.82. The van der Waals surface area contributed by atoms with Crippen molar-refractivity contribution in [2.75, 3.05) is 0 Å². The van der Waals surface area contributed by atoms with Crippen molar-refractivity contribution < 1.29 is 4.80 Å². The summed E-state index contributed by atoms with van der Waals surface area (Å²) in [6, 6.07) is 0. The number of hydrogen-bond donors (Lipinski definition) is 1. The van der Waals surface area contributed by atoms with Gasteiger partial charge in [0, 0.05) is 0 Å². The van der Waals surface area contributed by atoms with Gasteiger partial charge in [0.05, 0.1) is 0 Å². The van der Waals surface area contributed by atoms with E-state index < -0.39 is 9.04 Å². The van der Waals surface area contributed by atoms with E-state index in [9.17, 15) is 0 Å². The third-order valence-electron chi connectivity index (χ3n) is 0.408. The molecule has 0 aromatic heterocycles. The van der Waals surface area contributed by atoms with Crippen molar-refractivity contribution in [3.8, 4) is 0 Å². The van der Waals surface area contributed by atoms with Crippen LogP contribution in [-0.2, 0) is 0 Å². The monoisotopic (exact) mass is 101 g/mol. The molecule has 0 rings (SSSR count). The predicted molar refractivity (Wildman–Crippen MR) is 28.7 cm³/mol. The highest BCUT2D eigenvalue weighted by molar-refractivity contribution is 6.54. The van der Waals surface area contributed by atoms with Gasteiger partial charge in [-0.3, -0.25) is 0 Å². The molecule has 0 bridgehead atoms. The highest BCUT2D eigenvalue weighted by Crippen LogP contribution is 1.73. The predicted octanol–water partition coefficient (Wildman–Crippen LogP) is 0.715. The molecule has 2 heteroatoms. The summed E-state index contributed by atoms with van der Waals surface area (Å²) in [5, 5.41) is 0. The third-order valence-corrected chi connectivity index (χ3v) is 1.22. The summed E-state index contributed by atoms with van der Waals surface area (Å²) in [5.74, 6) is 0. The highest BCUT2D eigenvalue weighted by Gasteiger charge is 1.84. The van der Waals surface area contributed by atoms with Gasteiger partial charge in [0.15, 0.2) is 0 Å². The first-order chi connectivity index (χ1) is 2.77. The summed E-state index contributed by atoms with van der Waals surface area (Å²) in [6.07, 6.45) is 1.87. The molecule has 0 spiro atoms. The van der Waals surface area contributed by atoms with E-state index in [-0.39, 0.29) is 0 Å². The van der Waals surface area contributed by atoms with E-state index in [0.717, 1.165) is 0 Å². The van der Waals surface area contributed by atoms with E-state index >= 15 is 0 Å². The molecule has 0 saturated heterocycles. The van der Waals surface area contributed by atoms with Crippen molar-refractivity contribution in [2.45, 2.75) is 13.5 Å². The fraction of sp³-hybridized carbons (Fsp3) is 0.500. The van der Waals surface area contributed by atoms with Gasteiger partial charge < -0.3 is 4.80 Å². The molecule has 0 aromatic carbocycles. The van der Waals surface area contributed by atoms with E-state index in [1.54, 1.807) is 0 Å². The molecule has 0 unspecified atom stereocenters. The first-order valence-electron chi connectivity index (χ1n) is 1.92. The summed E-state index contributed by atoms with van der Waals surface area (Å²) in [4.78, 5) is 8.57. The molecule has 0 aromatic rings. The van der Waals surface area contributed by atoms with E-state index in [1.165, 1.54) is 0 Å². The van der Waals surface area contributed by atoms with Gasteiger partial charge in [-0.05, 0) is 13.5 Å². The van der Waals surface area contributed by atoms with Gasteiger partial charge in [0.25, 0.3) is 0 Å². The molecule has 0 fully saturated rings. The van der Waals surface area contributed by atoms with Crippen molar-refractivity contribution in [3.63, 3.8) is 0 Å². The summed E-state index contributed by atoms with van der Waals surface area (Å²) in [7, 11) is -1.07. The average Bonchev–Trinajstić information content (AvgIpc) is 1.35. The molecule has 0 aliphatic carbocycles. The Hall–Kier alpha value is -0.0831. The number of hydrogen-bond acceptors (Lipinski definition) is 1. The van der Waals surface area contributed by atoms with Crippen LogP contribution < -0.4 is 0 Å². The van der Waals surface area contributed by atoms with E-state index in [2.05, 4.69) is 0 Å². The van der Waals surface area contributed by atoms with Crippen LogP contribution in [0.2, 0.25) is 6.55 Å². The van der Waals surface area contributed by atoms with E-state index in [0.29, 0.717) is 0 Å². The molecule has 1 N–H and O–H groups in total. The molecule has 0 atom stereocenters. The molecular formula is C4H9OSi. The summed E-state index contributed by atoms with van der Waals surface area (Å²) >= 11 is 0. The maximum atomic E-state index is 8.57. The van der Waals surface area contributed by atoms with Crippen molar-refractivity contribution in [1.82, 2.24) is 0 Å². The minimum atomic E-state index is -1.07. The second-order valence-corrected chi connectivity index (χ2v) is 2.76. The Morgan fingerprint density at radius 3 is 2.17 bits per heavy atom. The lowest BCUT2D eigenvalue weighted by molar-refractivity contribution is 0.593. The maximum absolute atomic E-state index is 8.57. The Morgan fingerprint density at radius 1 is 1.67 bits per heavy atom. The van der Waals surface area contributed by atoms with Crippen LogP contribution in [0.5, 0.6) is 0 Å². The molecular weight excluding hydrogens is 92.1 g/mol. The summed E-state index contributed by atoms with van der Waals surface area (Å²) in [6.45, 7) is 3.73. The molecule has 0 amide bonds. The van der Waals surface area contributed by atoms with Crippen molar-refractivity contribution >= 4 is 9.04 Å². The quantitative estimate of drug-likeness (QED) is 0.482. The van der Waals surface area contributed by atoms with Gasteiger partial charge >= 0.3 is 0 Å². The molecule has 0 saturated carbocycles. The van der Waals surface area contributed by atoms with Crippen molar-refractivity contribution in [2.24, 2.45) is 0 Å². The molecule has 0 aliphatic rings. The zero-order valence-corrected chi connectivity index (χ0v) is 5.10. The minimum absolute atomic E-state index is 1.07. The van der Waals surface area contributed by atoms with Crippen LogP contribution in [0.4, 0.5) is 0 Å². The van der Waals surface area contributed by atoms with Crippen LogP contribution >= 0.6 is 0 Å². The smallest absolute Gasteiger partial charge is 0.231 e. The third kappa shape index (κ3) is 3.92. The second kappa shape index (κ2) is 3.12. The highest BCUT2D eigenvalue weighted by atomic mass is 28.3. The molecule has 35 valence electrons. The molecule has 0 heterocycles. The Labute approximate surface area is 40.0 Å².